The molecule has 1 atom stereocenters. The lowest BCUT2D eigenvalue weighted by molar-refractivity contribution is -0.139. The van der Waals surface area contributed by atoms with Gasteiger partial charge in [0.15, 0.2) is 0 Å². The van der Waals surface area contributed by atoms with Crippen LogP contribution in [0.15, 0.2) is 83.8 Å². The number of rotatable bonds is 7. The molecule has 5 nitrogen and oxygen atoms in total. The summed E-state index contributed by atoms with van der Waals surface area (Å²) in [5.41, 5.74) is -0.558. The van der Waals surface area contributed by atoms with E-state index in [0.717, 1.165) is 16.4 Å². The molecule has 0 amide bonds. The maximum Gasteiger partial charge on any atom is 0.420 e. The lowest BCUT2D eigenvalue weighted by atomic mass is 10.2. The molecule has 0 saturated carbocycles. The molecular formula is C22H18F3NO4S. The number of halogens is 3. The highest BCUT2D eigenvalue weighted by molar-refractivity contribution is 7.93. The van der Waals surface area contributed by atoms with Crippen LogP contribution in [0.25, 0.3) is 0 Å². The summed E-state index contributed by atoms with van der Waals surface area (Å²) in [7, 11) is -4.37. The maximum absolute atomic E-state index is 13.7. The van der Waals surface area contributed by atoms with Gasteiger partial charge in [0.25, 0.3) is 10.0 Å². The van der Waals surface area contributed by atoms with Crippen LogP contribution in [0.3, 0.4) is 0 Å². The normalized spacial score (nSPS) is 16.0. The van der Waals surface area contributed by atoms with Crippen molar-refractivity contribution in [2.45, 2.75) is 17.2 Å². The first-order chi connectivity index (χ1) is 14.8. The van der Waals surface area contributed by atoms with Gasteiger partial charge in [-0.15, -0.1) is 0 Å². The van der Waals surface area contributed by atoms with Crippen molar-refractivity contribution in [2.24, 2.45) is 0 Å². The first-order valence-corrected chi connectivity index (χ1v) is 10.8. The highest BCUT2D eigenvalue weighted by atomic mass is 32.2. The van der Waals surface area contributed by atoms with Gasteiger partial charge in [-0.3, -0.25) is 0 Å². The molecule has 0 aliphatic carbocycles. The molecule has 0 spiro atoms. The van der Waals surface area contributed by atoms with E-state index in [-0.39, 0.29) is 12.7 Å². The van der Waals surface area contributed by atoms with Crippen molar-refractivity contribution in [3.05, 3.63) is 84.4 Å². The van der Waals surface area contributed by atoms with E-state index in [9.17, 15) is 21.6 Å². The number of alkyl halides is 3. The molecule has 31 heavy (non-hydrogen) atoms. The second-order valence-electron chi connectivity index (χ2n) is 6.86. The van der Waals surface area contributed by atoms with E-state index in [1.54, 1.807) is 60.7 Å². The molecule has 1 unspecified atom stereocenters. The fourth-order valence-electron chi connectivity index (χ4n) is 3.02. The molecule has 0 radical (unpaired) electrons. The Labute approximate surface area is 177 Å². The Morgan fingerprint density at radius 3 is 1.97 bits per heavy atom. The minimum atomic E-state index is -4.80. The molecule has 1 aliphatic rings. The Hall–Kier alpha value is -3.04. The molecule has 9 heteroatoms. The number of ether oxygens (including phenoxy) is 2. The summed E-state index contributed by atoms with van der Waals surface area (Å²) >= 11 is 0. The van der Waals surface area contributed by atoms with Crippen LogP contribution in [0.1, 0.15) is 5.56 Å². The summed E-state index contributed by atoms with van der Waals surface area (Å²) in [5, 5.41) is 0. The average molecular weight is 449 g/mol. The Morgan fingerprint density at radius 2 is 1.48 bits per heavy atom. The van der Waals surface area contributed by atoms with E-state index >= 15 is 0 Å². The summed E-state index contributed by atoms with van der Waals surface area (Å²) < 4.78 is 79.2. The van der Waals surface area contributed by atoms with Crippen molar-refractivity contribution in [3.63, 3.8) is 0 Å². The molecule has 4 rings (SSSR count). The van der Waals surface area contributed by atoms with Gasteiger partial charge in [-0.2, -0.15) is 13.2 Å². The second-order valence-corrected chi connectivity index (χ2v) is 8.65. The summed E-state index contributed by atoms with van der Waals surface area (Å²) in [6.45, 7) is 0.395. The van der Waals surface area contributed by atoms with Crippen LogP contribution in [0.4, 0.5) is 24.5 Å². The second kappa shape index (κ2) is 8.24. The smallest absolute Gasteiger partial charge is 0.420 e. The van der Waals surface area contributed by atoms with Crippen molar-refractivity contribution in [2.75, 3.05) is 17.5 Å². The molecule has 1 fully saturated rings. The fraction of sp³-hybridized carbons (Fsp3) is 0.182. The number of epoxide rings is 1. The number of anilines is 2. The third-order valence-corrected chi connectivity index (χ3v) is 6.36. The molecule has 0 bridgehead atoms. The van der Waals surface area contributed by atoms with Gasteiger partial charge in [-0.25, -0.2) is 12.7 Å². The van der Waals surface area contributed by atoms with Crippen molar-refractivity contribution < 1.29 is 31.1 Å². The monoisotopic (exact) mass is 449 g/mol. The van der Waals surface area contributed by atoms with Gasteiger partial charge >= 0.3 is 6.18 Å². The van der Waals surface area contributed by atoms with Crippen LogP contribution in [-0.2, 0) is 20.9 Å². The maximum atomic E-state index is 13.7. The van der Waals surface area contributed by atoms with Gasteiger partial charge < -0.3 is 9.47 Å². The van der Waals surface area contributed by atoms with Gasteiger partial charge in [0.1, 0.15) is 18.5 Å². The number of sulfonamides is 1. The quantitative estimate of drug-likeness (QED) is 0.476. The Balaban J connectivity index is 1.80. The zero-order valence-electron chi connectivity index (χ0n) is 16.1. The fourth-order valence-corrected chi connectivity index (χ4v) is 4.54. The molecule has 1 aliphatic heterocycles. The molecule has 3 aromatic carbocycles. The highest BCUT2D eigenvalue weighted by Gasteiger charge is 2.37. The van der Waals surface area contributed by atoms with Crippen LogP contribution in [-0.4, -0.2) is 27.7 Å². The molecule has 0 aromatic heterocycles. The van der Waals surface area contributed by atoms with Crippen molar-refractivity contribution in [3.8, 4) is 5.75 Å². The number of hydrogen-bond donors (Lipinski definition) is 0. The van der Waals surface area contributed by atoms with Crippen LogP contribution >= 0.6 is 0 Å². The van der Waals surface area contributed by atoms with E-state index in [0.29, 0.717) is 24.0 Å². The lowest BCUT2D eigenvalue weighted by Gasteiger charge is -2.25. The molecular weight excluding hydrogens is 431 g/mol. The van der Waals surface area contributed by atoms with Crippen molar-refractivity contribution >= 4 is 21.4 Å². The van der Waals surface area contributed by atoms with E-state index in [4.69, 9.17) is 9.47 Å². The molecule has 1 heterocycles. The van der Waals surface area contributed by atoms with Crippen LogP contribution in [0.5, 0.6) is 5.75 Å². The highest BCUT2D eigenvalue weighted by Crippen LogP contribution is 2.40. The molecule has 162 valence electrons. The first kappa shape index (κ1) is 21.2. The Morgan fingerprint density at radius 1 is 0.935 bits per heavy atom. The van der Waals surface area contributed by atoms with Gasteiger partial charge in [0, 0.05) is 0 Å². The third kappa shape index (κ3) is 4.67. The predicted molar refractivity (Wildman–Crippen MR) is 109 cm³/mol. The largest absolute Gasteiger partial charge is 0.490 e. The van der Waals surface area contributed by atoms with Crippen LogP contribution < -0.4 is 9.04 Å². The third-order valence-electron chi connectivity index (χ3n) is 4.60. The minimum absolute atomic E-state index is 0.0324. The summed E-state index contributed by atoms with van der Waals surface area (Å²) in [6.07, 6.45) is -5.04. The van der Waals surface area contributed by atoms with E-state index in [1.165, 1.54) is 0 Å². The number of hydrogen-bond acceptors (Lipinski definition) is 4. The van der Waals surface area contributed by atoms with Crippen LogP contribution in [0.2, 0.25) is 0 Å². The van der Waals surface area contributed by atoms with E-state index in [2.05, 4.69) is 0 Å². The minimum Gasteiger partial charge on any atom is -0.490 e. The first-order valence-electron chi connectivity index (χ1n) is 9.38. The summed E-state index contributed by atoms with van der Waals surface area (Å²) in [6, 6.07) is 19.1. The average Bonchev–Trinajstić information content (AvgIpc) is 3.57. The molecule has 1 saturated heterocycles. The van der Waals surface area contributed by atoms with Gasteiger partial charge in [0.2, 0.25) is 0 Å². The van der Waals surface area contributed by atoms with Crippen molar-refractivity contribution in [1.29, 1.82) is 0 Å². The Bertz CT molecular complexity index is 1110. The topological polar surface area (TPSA) is 59.1 Å². The van der Waals surface area contributed by atoms with Crippen LogP contribution in [0, 0.1) is 0 Å². The van der Waals surface area contributed by atoms with Crippen molar-refractivity contribution in [1.82, 2.24) is 0 Å². The SMILES string of the molecule is O=S(=O)(c1ccc(OCC2CO2)c(C(F)(F)F)c1)N(c1ccccc1)c1ccccc1. The van der Waals surface area contributed by atoms with E-state index in [1.807, 2.05) is 0 Å². The summed E-state index contributed by atoms with van der Waals surface area (Å²) in [4.78, 5) is -0.498. The predicted octanol–water partition coefficient (Wildman–Crippen LogP) is 5.01. The zero-order chi connectivity index (χ0) is 22.1. The number of benzene rings is 3. The lowest BCUT2D eigenvalue weighted by Crippen LogP contribution is -2.26. The van der Waals surface area contributed by atoms with Gasteiger partial charge in [-0.1, -0.05) is 36.4 Å². The van der Waals surface area contributed by atoms with Gasteiger partial charge in [-0.05, 0) is 42.5 Å². The number of nitrogens with zero attached hydrogens (tertiary/aromatic N) is 1. The standard InChI is InChI=1S/C22H18F3NO4S/c23-22(24,25)20-13-19(11-12-21(20)30-15-18-14-29-18)31(27,28)26(16-7-3-1-4-8-16)17-9-5-2-6-10-17/h1-13,18H,14-15H2. The van der Waals surface area contributed by atoms with E-state index < -0.39 is 32.4 Å². The number of para-hydroxylation sites is 2. The Kier molecular flexibility index (Phi) is 5.63. The molecule has 0 N–H and O–H groups in total. The zero-order valence-corrected chi connectivity index (χ0v) is 16.9. The molecule has 3 aromatic rings. The van der Waals surface area contributed by atoms with Gasteiger partial charge in [0.05, 0.1) is 28.4 Å². The summed E-state index contributed by atoms with van der Waals surface area (Å²) in [5.74, 6) is -0.437.